The Balaban J connectivity index is 2.10. The number of ether oxygens (including phenoxy) is 1. The van der Waals surface area contributed by atoms with Gasteiger partial charge in [0, 0.05) is 26.0 Å². The number of nitrogens with one attached hydrogen (secondary N) is 1. The van der Waals surface area contributed by atoms with E-state index in [-0.39, 0.29) is 0 Å². The molecular formula is C16H18N4O2. The summed E-state index contributed by atoms with van der Waals surface area (Å²) in [6, 6.07) is 8.19. The minimum absolute atomic E-state index is 0.530. The first-order chi connectivity index (χ1) is 10.7. The number of aryl methyl sites for hydroxylation is 2. The van der Waals surface area contributed by atoms with E-state index >= 15 is 0 Å². The van der Waals surface area contributed by atoms with Crippen molar-refractivity contribution in [2.24, 2.45) is 0 Å². The lowest BCUT2D eigenvalue weighted by Gasteiger charge is -2.10. The number of methoxy groups -OCH3 is 1. The number of pyridine rings is 1. The maximum absolute atomic E-state index is 5.09. The molecule has 0 radical (unpaired) electrons. The van der Waals surface area contributed by atoms with E-state index in [9.17, 15) is 0 Å². The molecular weight excluding hydrogens is 280 g/mol. The minimum Gasteiger partial charge on any atom is -0.383 e. The highest BCUT2D eigenvalue weighted by molar-refractivity contribution is 5.88. The first kappa shape index (κ1) is 14.5. The molecule has 0 aliphatic rings. The molecule has 1 N–H and O–H groups in total. The zero-order valence-corrected chi connectivity index (χ0v) is 12.9. The van der Waals surface area contributed by atoms with Crippen molar-refractivity contribution in [3.8, 4) is 11.4 Å². The van der Waals surface area contributed by atoms with Gasteiger partial charge >= 0.3 is 0 Å². The molecule has 2 aromatic heterocycles. The molecule has 2 heterocycles. The average molecular weight is 298 g/mol. The van der Waals surface area contributed by atoms with Crippen LogP contribution in [-0.4, -0.2) is 35.4 Å². The van der Waals surface area contributed by atoms with Crippen LogP contribution in [0.1, 0.15) is 11.5 Å². The fourth-order valence-electron chi connectivity index (χ4n) is 2.28. The monoisotopic (exact) mass is 298 g/mol. The third kappa shape index (κ3) is 2.92. The Labute approximate surface area is 128 Å². The van der Waals surface area contributed by atoms with Gasteiger partial charge in [0.1, 0.15) is 5.82 Å². The topological polar surface area (TPSA) is 73.1 Å². The Bertz CT molecular complexity index is 798. The van der Waals surface area contributed by atoms with Crippen molar-refractivity contribution in [2.45, 2.75) is 13.8 Å². The molecule has 114 valence electrons. The van der Waals surface area contributed by atoms with E-state index in [1.165, 1.54) is 5.56 Å². The highest BCUT2D eigenvalue weighted by Gasteiger charge is 2.14. The molecule has 0 saturated heterocycles. The van der Waals surface area contributed by atoms with Crippen LogP contribution in [0.4, 0.5) is 5.82 Å². The normalized spacial score (nSPS) is 11.0. The van der Waals surface area contributed by atoms with Gasteiger partial charge in [-0.1, -0.05) is 16.8 Å². The maximum atomic E-state index is 5.09. The molecule has 1 aromatic carbocycles. The van der Waals surface area contributed by atoms with Gasteiger partial charge in [0.15, 0.2) is 0 Å². The second-order valence-corrected chi connectivity index (χ2v) is 5.14. The molecule has 0 aliphatic heterocycles. The van der Waals surface area contributed by atoms with Crippen LogP contribution >= 0.6 is 0 Å². The molecule has 0 unspecified atom stereocenters. The van der Waals surface area contributed by atoms with Gasteiger partial charge in [-0.05, 0) is 25.1 Å². The lowest BCUT2D eigenvalue weighted by Crippen LogP contribution is -2.10. The summed E-state index contributed by atoms with van der Waals surface area (Å²) >= 11 is 0. The van der Waals surface area contributed by atoms with Crippen LogP contribution in [0.2, 0.25) is 0 Å². The number of rotatable bonds is 5. The van der Waals surface area contributed by atoms with Crippen LogP contribution in [-0.2, 0) is 4.74 Å². The highest BCUT2D eigenvalue weighted by Crippen LogP contribution is 2.28. The molecule has 0 aliphatic carbocycles. The number of hydrogen-bond donors (Lipinski definition) is 1. The Kier molecular flexibility index (Phi) is 4.02. The molecule has 0 fully saturated rings. The fourth-order valence-corrected chi connectivity index (χ4v) is 2.28. The molecule has 3 rings (SSSR count). The standard InChI is InChI=1S/C16H18N4O2/c1-10-4-5-14-12(8-10)9-13(16-18-11(2)22-20-16)15(19-14)17-6-7-21-3/h4-5,8-9H,6-7H2,1-3H3,(H,17,19). The summed E-state index contributed by atoms with van der Waals surface area (Å²) in [5.74, 6) is 1.80. The zero-order chi connectivity index (χ0) is 15.5. The van der Waals surface area contributed by atoms with Gasteiger partial charge < -0.3 is 14.6 Å². The van der Waals surface area contributed by atoms with E-state index in [0.717, 1.165) is 22.3 Å². The smallest absolute Gasteiger partial charge is 0.223 e. The molecule has 6 heteroatoms. The summed E-state index contributed by atoms with van der Waals surface area (Å²) in [6.07, 6.45) is 0. The molecule has 22 heavy (non-hydrogen) atoms. The lowest BCUT2D eigenvalue weighted by molar-refractivity contribution is 0.210. The van der Waals surface area contributed by atoms with E-state index in [1.54, 1.807) is 14.0 Å². The van der Waals surface area contributed by atoms with Crippen molar-refractivity contribution in [1.82, 2.24) is 15.1 Å². The molecule has 6 nitrogen and oxygen atoms in total. The predicted octanol–water partition coefficient (Wildman–Crippen LogP) is 2.96. The van der Waals surface area contributed by atoms with Gasteiger partial charge in [0.05, 0.1) is 17.7 Å². The second-order valence-electron chi connectivity index (χ2n) is 5.14. The molecule has 3 aromatic rings. The fraction of sp³-hybridized carbons (Fsp3) is 0.312. The number of hydrogen-bond acceptors (Lipinski definition) is 6. The summed E-state index contributed by atoms with van der Waals surface area (Å²) in [6.45, 7) is 5.08. The van der Waals surface area contributed by atoms with Gasteiger partial charge in [-0.25, -0.2) is 4.98 Å². The second kappa shape index (κ2) is 6.11. The van der Waals surface area contributed by atoms with E-state index in [2.05, 4.69) is 33.4 Å². The summed E-state index contributed by atoms with van der Waals surface area (Å²) in [4.78, 5) is 9.00. The predicted molar refractivity (Wildman–Crippen MR) is 84.9 cm³/mol. The van der Waals surface area contributed by atoms with Gasteiger partial charge in [-0.15, -0.1) is 0 Å². The maximum Gasteiger partial charge on any atom is 0.223 e. The average Bonchev–Trinajstić information content (AvgIpc) is 2.93. The quantitative estimate of drug-likeness (QED) is 0.730. The van der Waals surface area contributed by atoms with E-state index < -0.39 is 0 Å². The Morgan fingerprint density at radius 2 is 2.05 bits per heavy atom. The van der Waals surface area contributed by atoms with Gasteiger partial charge in [0.25, 0.3) is 0 Å². The highest BCUT2D eigenvalue weighted by atomic mass is 16.5. The number of benzene rings is 1. The van der Waals surface area contributed by atoms with E-state index in [4.69, 9.17) is 9.26 Å². The first-order valence-electron chi connectivity index (χ1n) is 7.12. The zero-order valence-electron chi connectivity index (χ0n) is 12.9. The van der Waals surface area contributed by atoms with E-state index in [1.807, 2.05) is 18.2 Å². The number of anilines is 1. The molecule has 0 spiro atoms. The number of nitrogens with zero attached hydrogens (tertiary/aromatic N) is 3. The Morgan fingerprint density at radius 1 is 1.18 bits per heavy atom. The van der Waals surface area contributed by atoms with Crippen LogP contribution in [0, 0.1) is 13.8 Å². The first-order valence-corrected chi connectivity index (χ1v) is 7.12. The Morgan fingerprint density at radius 3 is 2.77 bits per heavy atom. The summed E-state index contributed by atoms with van der Waals surface area (Å²) in [5.41, 5.74) is 2.94. The van der Waals surface area contributed by atoms with Crippen molar-refractivity contribution >= 4 is 16.7 Å². The molecule has 0 amide bonds. The van der Waals surface area contributed by atoms with Crippen molar-refractivity contribution in [3.63, 3.8) is 0 Å². The molecule has 0 bridgehead atoms. The van der Waals surface area contributed by atoms with Crippen LogP contribution in [0.3, 0.4) is 0 Å². The van der Waals surface area contributed by atoms with Gasteiger partial charge in [0.2, 0.25) is 11.7 Å². The van der Waals surface area contributed by atoms with Crippen LogP contribution < -0.4 is 5.32 Å². The van der Waals surface area contributed by atoms with Crippen molar-refractivity contribution in [3.05, 3.63) is 35.7 Å². The SMILES string of the molecule is COCCNc1nc2ccc(C)cc2cc1-c1noc(C)n1. The third-order valence-corrected chi connectivity index (χ3v) is 3.34. The van der Waals surface area contributed by atoms with Gasteiger partial charge in [-0.3, -0.25) is 0 Å². The summed E-state index contributed by atoms with van der Waals surface area (Å²) < 4.78 is 10.2. The van der Waals surface area contributed by atoms with Crippen molar-refractivity contribution < 1.29 is 9.26 Å². The van der Waals surface area contributed by atoms with Crippen LogP contribution in [0.5, 0.6) is 0 Å². The summed E-state index contributed by atoms with van der Waals surface area (Å²) in [5, 5.41) is 8.33. The van der Waals surface area contributed by atoms with Crippen LogP contribution in [0.15, 0.2) is 28.8 Å². The lowest BCUT2D eigenvalue weighted by atomic mass is 10.1. The van der Waals surface area contributed by atoms with Crippen molar-refractivity contribution in [1.29, 1.82) is 0 Å². The number of aromatic nitrogens is 3. The largest absolute Gasteiger partial charge is 0.383 e. The number of fused-ring (bicyclic) bond motifs is 1. The van der Waals surface area contributed by atoms with Gasteiger partial charge in [-0.2, -0.15) is 4.98 Å². The van der Waals surface area contributed by atoms with E-state index in [0.29, 0.717) is 24.9 Å². The summed E-state index contributed by atoms with van der Waals surface area (Å²) in [7, 11) is 1.67. The van der Waals surface area contributed by atoms with Crippen molar-refractivity contribution in [2.75, 3.05) is 25.6 Å². The molecule has 0 saturated carbocycles. The third-order valence-electron chi connectivity index (χ3n) is 3.34. The Hall–Kier alpha value is -2.47. The molecule has 0 atom stereocenters. The minimum atomic E-state index is 0.530. The van der Waals surface area contributed by atoms with Crippen LogP contribution in [0.25, 0.3) is 22.3 Å².